The molecular formula is C48H39F3N10O3S. The molecule has 326 valence electrons. The van der Waals surface area contributed by atoms with E-state index in [-0.39, 0.29) is 5.82 Å². The molecule has 5 heterocycles. The molecule has 13 nitrogen and oxygen atoms in total. The monoisotopic (exact) mass is 892 g/mol. The molecule has 0 unspecified atom stereocenters. The third-order valence-electron chi connectivity index (χ3n) is 9.59. The maximum absolute atomic E-state index is 12.6. The first-order valence-electron chi connectivity index (χ1n) is 20.0. The van der Waals surface area contributed by atoms with E-state index in [1.807, 2.05) is 94.5 Å². The number of nitrogens with one attached hydrogen (secondary N) is 3. The number of imidazole rings is 1. The molecule has 1 fully saturated rings. The van der Waals surface area contributed by atoms with Crippen LogP contribution in [0, 0.1) is 22.7 Å². The number of fused-ring (bicyclic) bond motifs is 1. The normalized spacial score (nSPS) is 12.0. The van der Waals surface area contributed by atoms with Gasteiger partial charge in [0.05, 0.1) is 34.9 Å². The number of benzene rings is 4. The molecule has 8 aromatic rings. The average molecular weight is 893 g/mol. The first-order valence-corrected chi connectivity index (χ1v) is 20.8. The second-order valence-electron chi connectivity index (χ2n) is 14.0. The zero-order valence-corrected chi connectivity index (χ0v) is 35.3. The lowest BCUT2D eigenvalue weighted by molar-refractivity contribution is -0.137. The Morgan fingerprint density at radius 1 is 0.815 bits per heavy atom. The molecule has 1 aliphatic rings. The second-order valence-corrected chi connectivity index (χ2v) is 14.7. The van der Waals surface area contributed by atoms with E-state index in [0.717, 1.165) is 46.1 Å². The van der Waals surface area contributed by atoms with Gasteiger partial charge < -0.3 is 24.1 Å². The van der Waals surface area contributed by atoms with E-state index in [1.165, 1.54) is 18.3 Å². The minimum Gasteiger partial charge on any atom is -0.489 e. The summed E-state index contributed by atoms with van der Waals surface area (Å²) >= 11 is 1.12. The molecule has 1 aliphatic heterocycles. The molecule has 4 aromatic heterocycles. The Morgan fingerprint density at radius 2 is 1.52 bits per heavy atom. The minimum absolute atomic E-state index is 0.278. The van der Waals surface area contributed by atoms with E-state index in [4.69, 9.17) is 14.7 Å². The van der Waals surface area contributed by atoms with Gasteiger partial charge in [-0.15, -0.1) is 0 Å². The van der Waals surface area contributed by atoms with E-state index in [9.17, 15) is 23.2 Å². The third kappa shape index (κ3) is 12.2. The predicted octanol–water partition coefficient (Wildman–Crippen LogP) is 10.2. The van der Waals surface area contributed by atoms with Gasteiger partial charge in [0, 0.05) is 42.9 Å². The fourth-order valence-corrected chi connectivity index (χ4v) is 7.17. The number of amides is 2. The van der Waals surface area contributed by atoms with Crippen LogP contribution in [0.15, 0.2) is 158 Å². The van der Waals surface area contributed by atoms with E-state index in [0.29, 0.717) is 71.7 Å². The number of hydrogen-bond acceptors (Lipinski definition) is 11. The summed E-state index contributed by atoms with van der Waals surface area (Å²) in [5.41, 5.74) is 10.5. The number of carbonyl (C=O) groups excluding carboxylic acids is 1. The fourth-order valence-electron chi connectivity index (χ4n) is 6.31. The van der Waals surface area contributed by atoms with E-state index in [2.05, 4.69) is 48.7 Å². The summed E-state index contributed by atoms with van der Waals surface area (Å²) in [7, 11) is 0. The molecule has 0 radical (unpaired) electrons. The molecule has 0 aliphatic carbocycles. The van der Waals surface area contributed by atoms with Gasteiger partial charge in [-0.1, -0.05) is 78.9 Å². The van der Waals surface area contributed by atoms with Crippen molar-refractivity contribution in [3.63, 3.8) is 0 Å². The summed E-state index contributed by atoms with van der Waals surface area (Å²) in [6.07, 6.45) is 1.21. The molecule has 0 bridgehead atoms. The van der Waals surface area contributed by atoms with Gasteiger partial charge in [-0.2, -0.15) is 28.1 Å². The molecule has 17 heteroatoms. The van der Waals surface area contributed by atoms with E-state index >= 15 is 0 Å². The van der Waals surface area contributed by atoms with Crippen molar-refractivity contribution in [1.82, 2.24) is 24.2 Å². The zero-order valence-electron chi connectivity index (χ0n) is 34.4. The van der Waals surface area contributed by atoms with E-state index in [1.54, 1.807) is 36.4 Å². The quantitative estimate of drug-likeness (QED) is 0.119. The van der Waals surface area contributed by atoms with Gasteiger partial charge in [-0.05, 0) is 83.3 Å². The SMILES string of the molecule is N#Cc1c(N2CCOCC2)nsc1-c1ccc(C(F)(F)F)cc1.N#Cc1cccnc1NNC(=O)Nc1ccc(OCc2ccccc2)cc1.c1ccc(-c2cn3ccccc3n2)cc1. The summed E-state index contributed by atoms with van der Waals surface area (Å²) in [5.74, 6) is 1.56. The molecule has 4 aromatic carbocycles. The maximum atomic E-state index is 12.6. The highest BCUT2D eigenvalue weighted by Crippen LogP contribution is 2.37. The fraction of sp³-hybridized carbons (Fsp3) is 0.125. The van der Waals surface area contributed by atoms with Crippen LogP contribution in [0.2, 0.25) is 0 Å². The smallest absolute Gasteiger partial charge is 0.416 e. The lowest BCUT2D eigenvalue weighted by Gasteiger charge is -2.26. The number of halogens is 3. The first-order chi connectivity index (χ1) is 31.7. The zero-order chi connectivity index (χ0) is 45.4. The molecule has 1 saturated heterocycles. The average Bonchev–Trinajstić information content (AvgIpc) is 4.00. The number of nitriles is 2. The number of hydrogen-bond donors (Lipinski definition) is 3. The Hall–Kier alpha value is -8.25. The van der Waals surface area contributed by atoms with Gasteiger partial charge in [-0.3, -0.25) is 10.9 Å². The third-order valence-corrected chi connectivity index (χ3v) is 10.5. The van der Waals surface area contributed by atoms with Crippen LogP contribution in [0.3, 0.4) is 0 Å². The summed E-state index contributed by atoms with van der Waals surface area (Å²) in [6, 6.07) is 44.8. The van der Waals surface area contributed by atoms with Crippen LogP contribution in [-0.2, 0) is 17.5 Å². The van der Waals surface area contributed by atoms with Crippen molar-refractivity contribution in [2.24, 2.45) is 0 Å². The molecular weight excluding hydrogens is 854 g/mol. The summed E-state index contributed by atoms with van der Waals surface area (Å²) < 4.78 is 55.2. The number of nitrogens with zero attached hydrogens (tertiary/aromatic N) is 7. The summed E-state index contributed by atoms with van der Waals surface area (Å²) in [5, 5.41) is 21.1. The van der Waals surface area contributed by atoms with Crippen LogP contribution in [0.25, 0.3) is 27.3 Å². The number of ether oxygens (including phenoxy) is 2. The summed E-state index contributed by atoms with van der Waals surface area (Å²) in [6.45, 7) is 2.90. The Bertz CT molecular complexity index is 2840. The highest BCUT2D eigenvalue weighted by atomic mass is 32.1. The number of morpholine rings is 1. The van der Waals surface area contributed by atoms with Gasteiger partial charge in [0.2, 0.25) is 0 Å². The predicted molar refractivity (Wildman–Crippen MR) is 243 cm³/mol. The Labute approximate surface area is 376 Å². The summed E-state index contributed by atoms with van der Waals surface area (Å²) in [4.78, 5) is 23.0. The van der Waals surface area contributed by atoms with Crippen molar-refractivity contribution < 1.29 is 27.4 Å². The van der Waals surface area contributed by atoms with Gasteiger partial charge in [0.15, 0.2) is 11.6 Å². The number of hydrazine groups is 1. The van der Waals surface area contributed by atoms with E-state index < -0.39 is 17.8 Å². The van der Waals surface area contributed by atoms with Crippen molar-refractivity contribution in [3.8, 4) is 39.6 Å². The lowest BCUT2D eigenvalue weighted by Crippen LogP contribution is -2.36. The highest BCUT2D eigenvalue weighted by Gasteiger charge is 2.30. The number of alkyl halides is 3. The largest absolute Gasteiger partial charge is 0.489 e. The van der Waals surface area contributed by atoms with Crippen LogP contribution in [0.5, 0.6) is 5.75 Å². The molecule has 0 atom stereocenters. The van der Waals surface area contributed by atoms with Crippen LogP contribution < -0.4 is 25.8 Å². The van der Waals surface area contributed by atoms with Crippen LogP contribution in [0.4, 0.5) is 35.3 Å². The standard InChI is InChI=1S/C20H17N5O2.C15H12F3N3OS.C13H10N2/c21-13-16-7-4-12-22-19(16)24-25-20(26)23-17-8-10-18(11-9-17)27-14-15-5-2-1-3-6-15;16-15(17,18)11-3-1-10(2-4-11)13-12(9-19)14(20-23-13)21-5-7-22-8-6-21;1-2-6-11(7-3-1)12-10-15-9-5-4-8-13(15)14-12/h1-12H,14H2,(H,22,24)(H2,23,25,26);1-4H,5-8H2;1-10H. The molecule has 0 saturated carbocycles. The lowest BCUT2D eigenvalue weighted by atomic mass is 10.1. The number of aromatic nitrogens is 4. The number of anilines is 3. The van der Waals surface area contributed by atoms with Crippen LogP contribution in [0.1, 0.15) is 22.3 Å². The van der Waals surface area contributed by atoms with Crippen molar-refractivity contribution in [3.05, 3.63) is 180 Å². The molecule has 9 rings (SSSR count). The van der Waals surface area contributed by atoms with Crippen molar-refractivity contribution in [2.75, 3.05) is 41.9 Å². The van der Waals surface area contributed by atoms with Crippen LogP contribution >= 0.6 is 11.5 Å². The Kier molecular flexibility index (Phi) is 15.0. The van der Waals surface area contributed by atoms with Crippen LogP contribution in [-0.4, -0.2) is 51.1 Å². The second kappa shape index (κ2) is 21.7. The van der Waals surface area contributed by atoms with Gasteiger partial charge in [0.25, 0.3) is 0 Å². The number of carbonyl (C=O) groups is 1. The Morgan fingerprint density at radius 3 is 2.20 bits per heavy atom. The molecule has 65 heavy (non-hydrogen) atoms. The highest BCUT2D eigenvalue weighted by molar-refractivity contribution is 7.10. The molecule has 2 amide bonds. The van der Waals surface area contributed by atoms with Gasteiger partial charge in [-0.25, -0.2) is 14.8 Å². The van der Waals surface area contributed by atoms with Crippen molar-refractivity contribution in [2.45, 2.75) is 12.8 Å². The maximum Gasteiger partial charge on any atom is 0.416 e. The van der Waals surface area contributed by atoms with Gasteiger partial charge >= 0.3 is 12.2 Å². The minimum atomic E-state index is -4.37. The molecule has 0 spiro atoms. The first kappa shape index (κ1) is 44.8. The number of rotatable bonds is 9. The van der Waals surface area contributed by atoms with Crippen molar-refractivity contribution in [1.29, 1.82) is 10.5 Å². The number of urea groups is 1. The van der Waals surface area contributed by atoms with Gasteiger partial charge in [0.1, 0.15) is 35.7 Å². The topological polar surface area (TPSA) is 166 Å². The number of pyridine rings is 2. The van der Waals surface area contributed by atoms with Crippen molar-refractivity contribution >= 4 is 40.5 Å². The Balaban J connectivity index is 0.000000151. The molecule has 3 N–H and O–H groups in total.